The van der Waals surface area contributed by atoms with Gasteiger partial charge in [-0.05, 0) is 163 Å². The van der Waals surface area contributed by atoms with Crippen molar-refractivity contribution < 1.29 is 0 Å². The minimum atomic E-state index is 0.130. The minimum absolute atomic E-state index is 0.130. The van der Waals surface area contributed by atoms with Crippen LogP contribution >= 0.6 is 0 Å². The Morgan fingerprint density at radius 2 is 0.381 bits per heavy atom. The number of hydrogen-bond acceptors (Lipinski definition) is 6. The molecule has 15 aromatic carbocycles. The molecule has 6 heteroatoms. The second-order valence-electron chi connectivity index (χ2n) is 35.0. The molecule has 0 N–H and O–H groups in total. The summed E-state index contributed by atoms with van der Waals surface area (Å²) in [5.41, 5.74) is 40.9. The average Bonchev–Trinajstić information content (AvgIpc) is 1.56. The smallest absolute Gasteiger partial charge is 0.160 e. The van der Waals surface area contributed by atoms with Crippen LogP contribution in [-0.2, 0) is 16.2 Å². The van der Waals surface area contributed by atoms with Crippen LogP contribution in [0.15, 0.2) is 400 Å². The van der Waals surface area contributed by atoms with E-state index in [0.29, 0.717) is 0 Å². The molecule has 0 saturated heterocycles. The maximum atomic E-state index is 5.20. The number of benzene rings is 15. The minimum Gasteiger partial charge on any atom is -0.228 e. The first-order valence-corrected chi connectivity index (χ1v) is 45.4. The van der Waals surface area contributed by atoms with Crippen molar-refractivity contribution in [2.45, 2.75) is 113 Å². The lowest BCUT2D eigenvalue weighted by molar-refractivity contribution is 0.353. The van der Waals surface area contributed by atoms with Crippen LogP contribution in [0, 0.1) is 0 Å². The van der Waals surface area contributed by atoms with Crippen molar-refractivity contribution in [1.29, 1.82) is 0 Å². The predicted octanol–water partition coefficient (Wildman–Crippen LogP) is 31.1. The van der Waals surface area contributed by atoms with Gasteiger partial charge in [0, 0.05) is 66.3 Å². The zero-order valence-electron chi connectivity index (χ0n) is 70.9. The normalized spacial score (nSPS) is 14.9. The quantitative estimate of drug-likeness (QED) is 0.121. The zero-order valence-corrected chi connectivity index (χ0v) is 70.9. The zero-order chi connectivity index (χ0) is 83.8. The highest BCUT2D eigenvalue weighted by Gasteiger charge is 2.48. The molecule has 606 valence electrons. The maximum absolute atomic E-state index is 5.20. The van der Waals surface area contributed by atoms with E-state index in [1.54, 1.807) is 0 Å². The van der Waals surface area contributed by atoms with E-state index in [9.17, 15) is 0 Å². The molecule has 6 nitrogen and oxygen atoms in total. The fraction of sp³-hybridized carbons (Fsp3) is 0.150. The van der Waals surface area contributed by atoms with E-state index in [-0.39, 0.29) is 16.2 Å². The Morgan fingerprint density at radius 3 is 0.762 bits per heavy atom. The van der Waals surface area contributed by atoms with Crippen molar-refractivity contribution in [2.75, 3.05) is 0 Å². The number of aromatic nitrogens is 6. The molecule has 0 unspecified atom stereocenters. The van der Waals surface area contributed by atoms with Gasteiger partial charge in [-0.1, -0.05) is 434 Å². The van der Waals surface area contributed by atoms with Gasteiger partial charge in [0.25, 0.3) is 0 Å². The summed E-state index contributed by atoms with van der Waals surface area (Å²) in [4.78, 5) is 30.3. The molecule has 0 atom stereocenters. The highest BCUT2D eigenvalue weighted by atomic mass is 14.9. The van der Waals surface area contributed by atoms with Gasteiger partial charge >= 0.3 is 0 Å². The lowest BCUT2D eigenvalue weighted by Gasteiger charge is -2.36. The lowest BCUT2D eigenvalue weighted by atomic mass is 9.67. The standard InChI is InChI=1S/3C40H32N2/c1-4-15-28(16-5-1)36-27-37(42-39(41-36)29-17-6-2-7-18-29)31-20-9-8-19-30(31)32-22-14-24-35-38(32)33-21-10-11-23-34(33)40(35)25-12-3-13-26-40;1-4-14-28(15-5-1)36-27-37(42-39(41-36)29-16-6-2-7-17-29)31-19-12-18-30(26-31)32-21-13-23-35-38(32)33-20-8-9-22-34(33)40(35)24-10-3-11-25-40;1-4-13-29(14-5-1)36-27-37(42-39(41-36)31-15-6-2-7-16-31)30-23-21-28(22-24-30)32-18-12-20-35-38(32)33-17-8-9-19-34(33)40(35)25-10-3-11-26-40/h1-2,4-11,14-24,27H,3,12-13,25-26H2;1-2,4-9,12-23,26-27H,3,10-11,24-25H2;1-2,4-9,12-24,27H,3,10-11,25-26H2. The van der Waals surface area contributed by atoms with Crippen LogP contribution in [0.3, 0.4) is 0 Å². The Labute approximate surface area is 739 Å². The molecule has 0 bridgehead atoms. The summed E-state index contributed by atoms with van der Waals surface area (Å²) in [6, 6.07) is 144. The van der Waals surface area contributed by atoms with Crippen LogP contribution in [0.1, 0.15) is 130 Å². The molecule has 0 amide bonds. The molecule has 3 saturated carbocycles. The van der Waals surface area contributed by atoms with Gasteiger partial charge in [0.15, 0.2) is 17.5 Å². The van der Waals surface area contributed by atoms with Crippen molar-refractivity contribution in [3.8, 4) is 168 Å². The summed E-state index contributed by atoms with van der Waals surface area (Å²) in [6.07, 6.45) is 19.3. The topological polar surface area (TPSA) is 77.3 Å². The first-order chi connectivity index (χ1) is 62.4. The highest BCUT2D eigenvalue weighted by molar-refractivity contribution is 5.99. The Bertz CT molecular complexity index is 6850. The highest BCUT2D eigenvalue weighted by Crippen LogP contribution is 2.62. The first-order valence-electron chi connectivity index (χ1n) is 45.4. The molecule has 0 radical (unpaired) electrons. The van der Waals surface area contributed by atoms with Crippen LogP contribution in [0.4, 0.5) is 0 Å². The molecule has 3 heterocycles. The van der Waals surface area contributed by atoms with E-state index in [4.69, 9.17) is 29.9 Å². The van der Waals surface area contributed by atoms with Crippen molar-refractivity contribution in [3.05, 3.63) is 434 Å². The Morgan fingerprint density at radius 1 is 0.143 bits per heavy atom. The SMILES string of the molecule is c1ccc(-c2cc(-c3ccc(-c4cccc5c4-c4ccccc4C54CCCCC4)cc3)nc(-c3ccccc3)n2)cc1.c1ccc(-c2cc(-c3cccc(-c4cccc5c4-c4ccccc4C54CCCCC4)c3)nc(-c3ccccc3)n2)cc1.c1ccc(-c2cc(-c3ccccc3-c3cccc4c3-c3ccccc3C43CCCCC3)nc(-c3ccccc3)n2)cc1. The summed E-state index contributed by atoms with van der Waals surface area (Å²) < 4.78 is 0. The Balaban J connectivity index is 0.000000112. The Hall–Kier alpha value is -14.5. The van der Waals surface area contributed by atoms with Crippen LogP contribution < -0.4 is 0 Å². The third-order valence-electron chi connectivity index (χ3n) is 27.9. The summed E-state index contributed by atoms with van der Waals surface area (Å²) in [7, 11) is 0. The fourth-order valence-corrected chi connectivity index (χ4v) is 22.1. The third kappa shape index (κ3) is 14.2. The third-order valence-corrected chi connectivity index (χ3v) is 27.9. The summed E-state index contributed by atoms with van der Waals surface area (Å²) >= 11 is 0. The second kappa shape index (κ2) is 33.6. The van der Waals surface area contributed by atoms with Gasteiger partial charge in [-0.2, -0.15) is 0 Å². The molecule has 24 rings (SSSR count). The van der Waals surface area contributed by atoms with E-state index in [0.717, 1.165) is 102 Å². The monoisotopic (exact) mass is 1620 g/mol. The van der Waals surface area contributed by atoms with Gasteiger partial charge in [-0.15, -0.1) is 0 Å². The fourth-order valence-electron chi connectivity index (χ4n) is 22.1. The number of fused-ring (bicyclic) bond motifs is 15. The van der Waals surface area contributed by atoms with Gasteiger partial charge in [0.1, 0.15) is 0 Å². The van der Waals surface area contributed by atoms with Gasteiger partial charge in [-0.3, -0.25) is 0 Å². The second-order valence-corrected chi connectivity index (χ2v) is 35.0. The molecular weight excluding hydrogens is 1530 g/mol. The molecular formula is C120H96N6. The molecule has 6 aliphatic rings. The number of hydrogen-bond donors (Lipinski definition) is 0. The summed E-state index contributed by atoms with van der Waals surface area (Å²) in [6.45, 7) is 0. The molecule has 6 aliphatic carbocycles. The Kier molecular flexibility index (Phi) is 20.7. The van der Waals surface area contributed by atoms with Crippen LogP contribution in [0.25, 0.3) is 168 Å². The van der Waals surface area contributed by atoms with E-state index in [1.807, 2.05) is 72.8 Å². The van der Waals surface area contributed by atoms with Crippen molar-refractivity contribution in [1.82, 2.24) is 29.9 Å². The lowest BCUT2D eigenvalue weighted by Crippen LogP contribution is -2.27. The van der Waals surface area contributed by atoms with Crippen molar-refractivity contribution >= 4 is 0 Å². The van der Waals surface area contributed by atoms with Crippen molar-refractivity contribution in [3.63, 3.8) is 0 Å². The number of rotatable bonds is 12. The molecule has 0 aliphatic heterocycles. The van der Waals surface area contributed by atoms with E-state index >= 15 is 0 Å². The summed E-state index contributed by atoms with van der Waals surface area (Å²) in [5, 5.41) is 0. The molecule has 3 spiro atoms. The van der Waals surface area contributed by atoms with E-state index < -0.39 is 0 Å². The van der Waals surface area contributed by atoms with Crippen LogP contribution in [-0.4, -0.2) is 29.9 Å². The first kappa shape index (κ1) is 77.6. The molecule has 3 fully saturated rings. The molecule has 3 aromatic heterocycles. The predicted molar refractivity (Wildman–Crippen MR) is 519 cm³/mol. The number of nitrogens with zero attached hydrogens (tertiary/aromatic N) is 6. The maximum Gasteiger partial charge on any atom is 0.160 e. The molecule has 18 aromatic rings. The van der Waals surface area contributed by atoms with Gasteiger partial charge in [0.05, 0.1) is 34.2 Å². The van der Waals surface area contributed by atoms with Gasteiger partial charge in [0.2, 0.25) is 0 Å². The van der Waals surface area contributed by atoms with E-state index in [1.165, 1.54) is 196 Å². The van der Waals surface area contributed by atoms with Crippen LogP contribution in [0.5, 0.6) is 0 Å². The summed E-state index contributed by atoms with van der Waals surface area (Å²) in [5.74, 6) is 2.23. The van der Waals surface area contributed by atoms with Gasteiger partial charge < -0.3 is 0 Å². The van der Waals surface area contributed by atoms with E-state index in [2.05, 4.69) is 328 Å². The average molecular weight is 1620 g/mol. The van der Waals surface area contributed by atoms with Crippen LogP contribution in [0.2, 0.25) is 0 Å². The van der Waals surface area contributed by atoms with Gasteiger partial charge in [-0.25, -0.2) is 29.9 Å². The largest absolute Gasteiger partial charge is 0.228 e. The molecule has 126 heavy (non-hydrogen) atoms. The van der Waals surface area contributed by atoms with Crippen molar-refractivity contribution in [2.24, 2.45) is 0 Å².